The summed E-state index contributed by atoms with van der Waals surface area (Å²) in [6.45, 7) is 2.58. The Bertz CT molecular complexity index is 720. The number of hydrogen-bond donors (Lipinski definition) is 2. The van der Waals surface area contributed by atoms with Crippen molar-refractivity contribution < 1.29 is 19.4 Å². The Labute approximate surface area is 165 Å². The quantitative estimate of drug-likeness (QED) is 0.615. The molecule has 2 rings (SSSR count). The predicted octanol–water partition coefficient (Wildman–Crippen LogP) is 3.19. The van der Waals surface area contributed by atoms with Crippen molar-refractivity contribution in [1.29, 1.82) is 0 Å². The van der Waals surface area contributed by atoms with Crippen LogP contribution in [0.15, 0.2) is 48.5 Å². The smallest absolute Gasteiger partial charge is 0.195 e. The second-order valence-electron chi connectivity index (χ2n) is 6.49. The highest BCUT2D eigenvalue weighted by molar-refractivity contribution is 6.30. The van der Waals surface area contributed by atoms with Gasteiger partial charge in [0.2, 0.25) is 0 Å². The van der Waals surface area contributed by atoms with Gasteiger partial charge in [0.05, 0.1) is 6.10 Å². The van der Waals surface area contributed by atoms with E-state index >= 15 is 0 Å². The zero-order valence-electron chi connectivity index (χ0n) is 15.7. The molecule has 0 bridgehead atoms. The molecule has 0 spiro atoms. The first-order valence-electron chi connectivity index (χ1n) is 8.87. The molecular formula is C21H26ClNO4. The molecule has 146 valence electrons. The topological polar surface area (TPSA) is 67.8 Å². The lowest BCUT2D eigenvalue weighted by Crippen LogP contribution is -2.32. The van der Waals surface area contributed by atoms with Crippen molar-refractivity contribution in [2.24, 2.45) is 0 Å². The fraction of sp³-hybridized carbons (Fsp3) is 0.381. The molecule has 5 nitrogen and oxygen atoms in total. The molecule has 2 atom stereocenters. The van der Waals surface area contributed by atoms with E-state index in [0.29, 0.717) is 17.3 Å². The van der Waals surface area contributed by atoms with Crippen molar-refractivity contribution in [2.45, 2.75) is 25.5 Å². The minimum absolute atomic E-state index is 0.00648. The number of methoxy groups -OCH3 is 1. The molecular weight excluding hydrogens is 366 g/mol. The lowest BCUT2D eigenvalue weighted by atomic mass is 10.1. The fourth-order valence-corrected chi connectivity index (χ4v) is 2.86. The maximum atomic E-state index is 11.4. The number of ketones is 1. The minimum Gasteiger partial charge on any atom is -0.486 e. The van der Waals surface area contributed by atoms with Gasteiger partial charge in [0, 0.05) is 24.7 Å². The van der Waals surface area contributed by atoms with E-state index in [1.807, 2.05) is 36.4 Å². The molecule has 27 heavy (non-hydrogen) atoms. The number of ether oxygens (including phenoxy) is 2. The standard InChI is InChI=1S/C21H26ClNO4/c1-15(23-12-21(25)17-4-3-5-18(22)11-17)10-16-6-8-20(9-7-16)27-14-19(24)13-26-2/h3-9,11,15,21,23,25H,10,12-14H2,1-2H3. The lowest BCUT2D eigenvalue weighted by molar-refractivity contribution is -0.124. The molecule has 2 N–H and O–H groups in total. The number of carbonyl (C=O) groups is 1. The summed E-state index contributed by atoms with van der Waals surface area (Å²) in [6.07, 6.45) is 0.206. The number of rotatable bonds is 11. The van der Waals surface area contributed by atoms with Crippen LogP contribution in [0.1, 0.15) is 24.2 Å². The van der Waals surface area contributed by atoms with Crippen LogP contribution >= 0.6 is 11.6 Å². The van der Waals surface area contributed by atoms with Gasteiger partial charge in [-0.15, -0.1) is 0 Å². The third kappa shape index (κ3) is 7.69. The van der Waals surface area contributed by atoms with Crippen LogP contribution in [0.25, 0.3) is 0 Å². The molecule has 0 amide bonds. The molecule has 0 aliphatic rings. The van der Waals surface area contributed by atoms with Crippen LogP contribution in [-0.2, 0) is 16.0 Å². The molecule has 0 aliphatic carbocycles. The van der Waals surface area contributed by atoms with Gasteiger partial charge < -0.3 is 19.9 Å². The Morgan fingerprint density at radius 2 is 1.93 bits per heavy atom. The van der Waals surface area contributed by atoms with E-state index < -0.39 is 6.10 Å². The number of carbonyl (C=O) groups excluding carboxylic acids is 1. The Balaban J connectivity index is 1.76. The first-order chi connectivity index (χ1) is 13.0. The molecule has 6 heteroatoms. The Morgan fingerprint density at radius 1 is 1.19 bits per heavy atom. The van der Waals surface area contributed by atoms with Crippen molar-refractivity contribution in [3.8, 4) is 5.75 Å². The third-order valence-corrected chi connectivity index (χ3v) is 4.30. The zero-order chi connectivity index (χ0) is 19.6. The van der Waals surface area contributed by atoms with E-state index in [4.69, 9.17) is 21.1 Å². The highest BCUT2D eigenvalue weighted by Gasteiger charge is 2.10. The predicted molar refractivity (Wildman–Crippen MR) is 106 cm³/mol. The molecule has 0 aromatic heterocycles. The molecule has 2 unspecified atom stereocenters. The van der Waals surface area contributed by atoms with Crippen molar-refractivity contribution in [1.82, 2.24) is 5.32 Å². The number of hydrogen-bond acceptors (Lipinski definition) is 5. The summed E-state index contributed by atoms with van der Waals surface area (Å²) in [6, 6.07) is 15.1. The maximum absolute atomic E-state index is 11.4. The first-order valence-corrected chi connectivity index (χ1v) is 9.25. The number of halogens is 1. The van der Waals surface area contributed by atoms with Crippen LogP contribution in [0.2, 0.25) is 5.02 Å². The average molecular weight is 392 g/mol. The van der Waals surface area contributed by atoms with Gasteiger partial charge in [0.25, 0.3) is 0 Å². The van der Waals surface area contributed by atoms with E-state index in [1.54, 1.807) is 12.1 Å². The second kappa shape index (κ2) is 11.0. The van der Waals surface area contributed by atoms with E-state index in [1.165, 1.54) is 7.11 Å². The summed E-state index contributed by atoms with van der Waals surface area (Å²) in [7, 11) is 1.48. The van der Waals surface area contributed by atoms with Gasteiger partial charge in [-0.25, -0.2) is 0 Å². The van der Waals surface area contributed by atoms with Gasteiger partial charge in [0.15, 0.2) is 5.78 Å². The van der Waals surface area contributed by atoms with Gasteiger partial charge in [-0.1, -0.05) is 35.9 Å². The number of aliphatic hydroxyl groups is 1. The number of aliphatic hydroxyl groups excluding tert-OH is 1. The van der Waals surface area contributed by atoms with Crippen LogP contribution < -0.4 is 10.1 Å². The van der Waals surface area contributed by atoms with E-state index in [2.05, 4.69) is 12.2 Å². The van der Waals surface area contributed by atoms with Crippen LogP contribution in [0.3, 0.4) is 0 Å². The summed E-state index contributed by atoms with van der Waals surface area (Å²) in [5, 5.41) is 14.2. The number of benzene rings is 2. The SMILES string of the molecule is COCC(=O)COc1ccc(CC(C)NCC(O)c2cccc(Cl)c2)cc1. The third-order valence-electron chi connectivity index (χ3n) is 4.06. The molecule has 0 saturated heterocycles. The first kappa shape index (κ1) is 21.4. The monoisotopic (exact) mass is 391 g/mol. The van der Waals surface area contributed by atoms with E-state index in [0.717, 1.165) is 17.5 Å². The van der Waals surface area contributed by atoms with Crippen LogP contribution in [0, 0.1) is 0 Å². The summed E-state index contributed by atoms with van der Waals surface area (Å²) >= 11 is 5.96. The van der Waals surface area contributed by atoms with Gasteiger partial charge >= 0.3 is 0 Å². The number of Topliss-reactive ketones (excluding diaryl/α,β-unsaturated/α-hetero) is 1. The molecule has 0 heterocycles. The summed E-state index contributed by atoms with van der Waals surface area (Å²) in [5.74, 6) is 0.554. The normalized spacial score (nSPS) is 13.2. The lowest BCUT2D eigenvalue weighted by Gasteiger charge is -2.18. The minimum atomic E-state index is -0.605. The van der Waals surface area contributed by atoms with Gasteiger partial charge in [0.1, 0.15) is 19.0 Å². The Kier molecular flexibility index (Phi) is 8.75. The Hall–Kier alpha value is -1.92. The Morgan fingerprint density at radius 3 is 2.59 bits per heavy atom. The highest BCUT2D eigenvalue weighted by Crippen LogP contribution is 2.18. The molecule has 0 aliphatic heterocycles. The summed E-state index contributed by atoms with van der Waals surface area (Å²) in [5.41, 5.74) is 1.94. The van der Waals surface area contributed by atoms with Crippen molar-refractivity contribution in [2.75, 3.05) is 26.9 Å². The van der Waals surface area contributed by atoms with Crippen LogP contribution in [0.5, 0.6) is 5.75 Å². The number of nitrogens with one attached hydrogen (secondary N) is 1. The molecule has 0 fully saturated rings. The van der Waals surface area contributed by atoms with Crippen molar-refractivity contribution in [3.63, 3.8) is 0 Å². The van der Waals surface area contributed by atoms with E-state index in [-0.39, 0.29) is 25.0 Å². The fourth-order valence-electron chi connectivity index (χ4n) is 2.66. The van der Waals surface area contributed by atoms with Crippen LogP contribution in [0.4, 0.5) is 0 Å². The van der Waals surface area contributed by atoms with Gasteiger partial charge in [-0.05, 0) is 48.7 Å². The largest absolute Gasteiger partial charge is 0.486 e. The molecule has 0 radical (unpaired) electrons. The zero-order valence-corrected chi connectivity index (χ0v) is 16.4. The van der Waals surface area contributed by atoms with Gasteiger partial charge in [-0.3, -0.25) is 4.79 Å². The maximum Gasteiger partial charge on any atom is 0.195 e. The van der Waals surface area contributed by atoms with E-state index in [9.17, 15) is 9.90 Å². The molecule has 2 aromatic rings. The average Bonchev–Trinajstić information content (AvgIpc) is 2.66. The van der Waals surface area contributed by atoms with Crippen LogP contribution in [-0.4, -0.2) is 43.8 Å². The van der Waals surface area contributed by atoms with Crippen molar-refractivity contribution >= 4 is 17.4 Å². The second-order valence-corrected chi connectivity index (χ2v) is 6.92. The highest BCUT2D eigenvalue weighted by atomic mass is 35.5. The summed E-state index contributed by atoms with van der Waals surface area (Å²) < 4.78 is 10.2. The summed E-state index contributed by atoms with van der Waals surface area (Å²) in [4.78, 5) is 11.4. The molecule has 2 aromatic carbocycles. The molecule has 0 saturated carbocycles. The van der Waals surface area contributed by atoms with Gasteiger partial charge in [-0.2, -0.15) is 0 Å². The van der Waals surface area contributed by atoms with Crippen molar-refractivity contribution in [3.05, 3.63) is 64.7 Å².